The minimum Gasteiger partial charge on any atom is -0.462 e. The number of thiazole rings is 1. The van der Waals surface area contributed by atoms with Crippen molar-refractivity contribution >= 4 is 23.2 Å². The summed E-state index contributed by atoms with van der Waals surface area (Å²) in [6.45, 7) is 4.02. The Labute approximate surface area is 144 Å². The van der Waals surface area contributed by atoms with Crippen molar-refractivity contribution in [2.24, 2.45) is 0 Å². The van der Waals surface area contributed by atoms with E-state index in [4.69, 9.17) is 4.42 Å². The lowest BCUT2D eigenvalue weighted by Crippen LogP contribution is -2.39. The van der Waals surface area contributed by atoms with Crippen LogP contribution < -0.4 is 0 Å². The molecule has 2 fully saturated rings. The molecule has 0 bridgehead atoms. The van der Waals surface area contributed by atoms with Crippen LogP contribution in [0.15, 0.2) is 22.8 Å². The van der Waals surface area contributed by atoms with E-state index in [2.05, 4.69) is 4.98 Å². The van der Waals surface area contributed by atoms with Crippen LogP contribution >= 0.6 is 11.3 Å². The molecule has 2 saturated heterocycles. The third-order valence-electron chi connectivity index (χ3n) is 4.73. The van der Waals surface area contributed by atoms with Crippen LogP contribution in [0.3, 0.4) is 0 Å². The Morgan fingerprint density at radius 2 is 2.29 bits per heavy atom. The second kappa shape index (κ2) is 6.05. The lowest BCUT2D eigenvalue weighted by atomic mass is 10.2. The van der Waals surface area contributed by atoms with Crippen molar-refractivity contribution in [1.29, 1.82) is 0 Å². The highest BCUT2D eigenvalue weighted by Gasteiger charge is 2.36. The second-order valence-electron chi connectivity index (χ2n) is 6.29. The zero-order valence-electron chi connectivity index (χ0n) is 13.5. The van der Waals surface area contributed by atoms with Gasteiger partial charge >= 0.3 is 0 Å². The molecule has 2 aliphatic heterocycles. The fourth-order valence-electron chi connectivity index (χ4n) is 3.49. The van der Waals surface area contributed by atoms with Crippen LogP contribution in [0, 0.1) is 6.92 Å². The summed E-state index contributed by atoms with van der Waals surface area (Å²) in [4.78, 5) is 33.9. The number of hydrogen-bond acceptors (Lipinski definition) is 5. The van der Waals surface area contributed by atoms with Gasteiger partial charge in [0.15, 0.2) is 10.8 Å². The van der Waals surface area contributed by atoms with Gasteiger partial charge in [0.1, 0.15) is 5.69 Å². The van der Waals surface area contributed by atoms with E-state index < -0.39 is 0 Å². The molecule has 0 aliphatic carbocycles. The molecule has 7 heteroatoms. The molecule has 2 aromatic rings. The third-order valence-corrected chi connectivity index (χ3v) is 5.72. The van der Waals surface area contributed by atoms with Crippen molar-refractivity contribution in [2.45, 2.75) is 32.2 Å². The number of aryl methyl sites for hydroxylation is 1. The predicted octanol–water partition coefficient (Wildman–Crippen LogP) is 2.55. The van der Waals surface area contributed by atoms with Crippen molar-refractivity contribution in [3.8, 4) is 10.8 Å². The highest BCUT2D eigenvalue weighted by Crippen LogP contribution is 2.30. The molecule has 0 saturated carbocycles. The summed E-state index contributed by atoms with van der Waals surface area (Å²) in [5.41, 5.74) is 0.500. The average Bonchev–Trinajstić information content (AvgIpc) is 3.33. The minimum absolute atomic E-state index is 0.0456. The lowest BCUT2D eigenvalue weighted by molar-refractivity contribution is -0.129. The van der Waals surface area contributed by atoms with E-state index in [0.29, 0.717) is 31.0 Å². The van der Waals surface area contributed by atoms with E-state index in [-0.39, 0.29) is 17.9 Å². The van der Waals surface area contributed by atoms with E-state index in [1.807, 2.05) is 28.9 Å². The normalized spacial score (nSPS) is 21.0. The molecule has 24 heavy (non-hydrogen) atoms. The Morgan fingerprint density at radius 3 is 3.00 bits per heavy atom. The molecule has 0 spiro atoms. The molecule has 0 radical (unpaired) electrons. The number of amides is 2. The standard InChI is InChI=1S/C17H19N3O3S/c1-11-15(18-16(24-11)13-4-3-9-23-13)17(22)19-8-6-12(10-19)20-7-2-5-14(20)21/h3-4,9,12H,2,5-8,10H2,1H3. The fourth-order valence-corrected chi connectivity index (χ4v) is 4.36. The average molecular weight is 345 g/mol. The van der Waals surface area contributed by atoms with Crippen molar-refractivity contribution < 1.29 is 14.0 Å². The van der Waals surface area contributed by atoms with E-state index in [1.165, 1.54) is 11.3 Å². The summed E-state index contributed by atoms with van der Waals surface area (Å²) in [5.74, 6) is 0.860. The zero-order chi connectivity index (χ0) is 16.7. The van der Waals surface area contributed by atoms with E-state index in [9.17, 15) is 9.59 Å². The Kier molecular flexibility index (Phi) is 3.88. The van der Waals surface area contributed by atoms with Gasteiger partial charge in [0.25, 0.3) is 5.91 Å². The van der Waals surface area contributed by atoms with Gasteiger partial charge in [-0.2, -0.15) is 0 Å². The Bertz CT molecular complexity index is 768. The van der Waals surface area contributed by atoms with Crippen molar-refractivity contribution in [3.05, 3.63) is 29.0 Å². The van der Waals surface area contributed by atoms with Crippen molar-refractivity contribution in [2.75, 3.05) is 19.6 Å². The first kappa shape index (κ1) is 15.4. The monoisotopic (exact) mass is 345 g/mol. The predicted molar refractivity (Wildman–Crippen MR) is 89.8 cm³/mol. The van der Waals surface area contributed by atoms with Gasteiger partial charge in [-0.1, -0.05) is 0 Å². The van der Waals surface area contributed by atoms with Crippen LogP contribution in [0.1, 0.15) is 34.6 Å². The van der Waals surface area contributed by atoms with Gasteiger partial charge in [0.05, 0.1) is 12.3 Å². The van der Waals surface area contributed by atoms with Gasteiger partial charge in [-0.3, -0.25) is 9.59 Å². The van der Waals surface area contributed by atoms with E-state index >= 15 is 0 Å². The van der Waals surface area contributed by atoms with Crippen LogP contribution in [-0.4, -0.2) is 52.3 Å². The molecule has 0 aromatic carbocycles. The smallest absolute Gasteiger partial charge is 0.273 e. The maximum atomic E-state index is 12.8. The van der Waals surface area contributed by atoms with Crippen LogP contribution in [-0.2, 0) is 4.79 Å². The molecular formula is C17H19N3O3S. The fraction of sp³-hybridized carbons (Fsp3) is 0.471. The quantitative estimate of drug-likeness (QED) is 0.857. The summed E-state index contributed by atoms with van der Waals surface area (Å²) in [6.07, 6.45) is 4.03. The molecule has 1 unspecified atom stereocenters. The highest BCUT2D eigenvalue weighted by atomic mass is 32.1. The van der Waals surface area contributed by atoms with Crippen LogP contribution in [0.2, 0.25) is 0 Å². The molecular weight excluding hydrogens is 326 g/mol. The van der Waals surface area contributed by atoms with E-state index in [1.54, 1.807) is 6.26 Å². The van der Waals surface area contributed by atoms with Gasteiger partial charge in [-0.05, 0) is 31.9 Å². The summed E-state index contributed by atoms with van der Waals surface area (Å²) < 4.78 is 5.37. The molecule has 6 nitrogen and oxygen atoms in total. The molecule has 2 aromatic heterocycles. The van der Waals surface area contributed by atoms with Gasteiger partial charge in [-0.15, -0.1) is 11.3 Å². The minimum atomic E-state index is -0.0456. The molecule has 2 amide bonds. The van der Waals surface area contributed by atoms with Crippen LogP contribution in [0.25, 0.3) is 10.8 Å². The first-order valence-corrected chi connectivity index (χ1v) is 9.05. The van der Waals surface area contributed by atoms with Crippen molar-refractivity contribution in [1.82, 2.24) is 14.8 Å². The Balaban J connectivity index is 1.49. The molecule has 4 heterocycles. The SMILES string of the molecule is Cc1sc(-c2ccco2)nc1C(=O)N1CCC(N2CCCC2=O)C1. The number of carbonyl (C=O) groups is 2. The van der Waals surface area contributed by atoms with E-state index in [0.717, 1.165) is 29.3 Å². The Morgan fingerprint density at radius 1 is 1.42 bits per heavy atom. The van der Waals surface area contributed by atoms with Crippen LogP contribution in [0.4, 0.5) is 0 Å². The maximum Gasteiger partial charge on any atom is 0.273 e. The van der Waals surface area contributed by atoms with Crippen LogP contribution in [0.5, 0.6) is 0 Å². The number of carbonyl (C=O) groups excluding carboxylic acids is 2. The molecule has 0 N–H and O–H groups in total. The highest BCUT2D eigenvalue weighted by molar-refractivity contribution is 7.15. The lowest BCUT2D eigenvalue weighted by Gasteiger charge is -2.24. The van der Waals surface area contributed by atoms with Gasteiger partial charge in [0.2, 0.25) is 5.91 Å². The summed E-state index contributed by atoms with van der Waals surface area (Å²) >= 11 is 1.47. The number of nitrogens with zero attached hydrogens (tertiary/aromatic N) is 3. The summed E-state index contributed by atoms with van der Waals surface area (Å²) in [6, 6.07) is 3.82. The summed E-state index contributed by atoms with van der Waals surface area (Å²) in [7, 11) is 0. The molecule has 4 rings (SSSR count). The zero-order valence-corrected chi connectivity index (χ0v) is 14.3. The number of rotatable bonds is 3. The number of likely N-dealkylation sites (tertiary alicyclic amines) is 2. The summed E-state index contributed by atoms with van der Waals surface area (Å²) in [5, 5.41) is 0.728. The number of aromatic nitrogens is 1. The first-order valence-electron chi connectivity index (χ1n) is 8.23. The molecule has 1 atom stereocenters. The van der Waals surface area contributed by atoms with Gasteiger partial charge < -0.3 is 14.2 Å². The topological polar surface area (TPSA) is 66.7 Å². The largest absolute Gasteiger partial charge is 0.462 e. The Hall–Kier alpha value is -2.15. The number of hydrogen-bond donors (Lipinski definition) is 0. The van der Waals surface area contributed by atoms with Gasteiger partial charge in [0, 0.05) is 30.9 Å². The van der Waals surface area contributed by atoms with Gasteiger partial charge in [-0.25, -0.2) is 4.98 Å². The third kappa shape index (κ3) is 2.62. The second-order valence-corrected chi connectivity index (χ2v) is 7.49. The molecule has 126 valence electrons. The first-order chi connectivity index (χ1) is 11.6. The molecule has 2 aliphatic rings. The maximum absolute atomic E-state index is 12.8. The van der Waals surface area contributed by atoms with Crippen molar-refractivity contribution in [3.63, 3.8) is 0 Å². The number of furan rings is 1.